The molecular formula is C51H30N4S6. The molecule has 0 N–H and O–H groups in total. The van der Waals surface area contributed by atoms with Crippen LogP contribution in [0.3, 0.4) is 0 Å². The standard InChI is InChI=1S/C51H30N4S6/c52-31-37(46-4-1-25-56-46)28-43-19-22-49(59-43)34-7-13-40(14-8-34)55(41-15-9-35(10-16-41)50-23-20-44(60-50)29-38(32-53)47-5-2-26-57-47)42-17-11-36(12-18-42)51-24-21-45(61-51)30-39(33-54)48-6-3-27-58-48/h1-30H/b37-28-,38-29+,39-30+. The second-order valence-electron chi connectivity index (χ2n) is 13.5. The normalized spacial score (nSPS) is 11.9. The number of benzene rings is 3. The number of nitrogens with zero attached hydrogens (tertiary/aromatic N) is 4. The van der Waals surface area contributed by atoms with Crippen LogP contribution in [0.5, 0.6) is 0 Å². The second kappa shape index (κ2) is 18.3. The summed E-state index contributed by atoms with van der Waals surface area (Å²) in [5.74, 6) is 0. The summed E-state index contributed by atoms with van der Waals surface area (Å²) in [5, 5.41) is 35.4. The summed E-state index contributed by atoms with van der Waals surface area (Å²) in [6, 6.07) is 57.4. The number of hydrogen-bond donors (Lipinski definition) is 0. The Balaban J connectivity index is 1.01. The average Bonchev–Trinajstić information content (AvgIpc) is 4.16. The Morgan fingerprint density at radius 3 is 0.918 bits per heavy atom. The van der Waals surface area contributed by atoms with Crippen molar-refractivity contribution in [2.45, 2.75) is 0 Å². The zero-order valence-corrected chi connectivity index (χ0v) is 37.0. The number of thiophene rings is 6. The van der Waals surface area contributed by atoms with Crippen LogP contribution in [0.25, 0.3) is 66.3 Å². The van der Waals surface area contributed by atoms with Crippen molar-refractivity contribution >= 4 is 120 Å². The molecule has 61 heavy (non-hydrogen) atoms. The van der Waals surface area contributed by atoms with E-state index in [9.17, 15) is 15.8 Å². The van der Waals surface area contributed by atoms with Crippen molar-refractivity contribution in [1.82, 2.24) is 0 Å². The Hall–Kier alpha value is -6.65. The van der Waals surface area contributed by atoms with E-state index < -0.39 is 0 Å². The first kappa shape index (κ1) is 39.8. The van der Waals surface area contributed by atoms with E-state index in [1.165, 1.54) is 0 Å². The van der Waals surface area contributed by atoms with Gasteiger partial charge in [-0.3, -0.25) is 0 Å². The van der Waals surface area contributed by atoms with Gasteiger partial charge < -0.3 is 4.90 Å². The van der Waals surface area contributed by atoms with Crippen molar-refractivity contribution in [2.24, 2.45) is 0 Å². The van der Waals surface area contributed by atoms with Crippen molar-refractivity contribution < 1.29 is 0 Å². The van der Waals surface area contributed by atoms with Gasteiger partial charge in [-0.2, -0.15) is 15.8 Å². The lowest BCUT2D eigenvalue weighted by Crippen LogP contribution is -2.09. The molecule has 0 fully saturated rings. The summed E-state index contributed by atoms with van der Waals surface area (Å²) in [5.41, 5.74) is 8.40. The van der Waals surface area contributed by atoms with E-state index in [1.54, 1.807) is 68.0 Å². The predicted molar refractivity (Wildman–Crippen MR) is 264 cm³/mol. The highest BCUT2D eigenvalue weighted by atomic mass is 32.1. The molecule has 0 aliphatic heterocycles. The molecule has 0 saturated carbocycles. The molecule has 4 nitrogen and oxygen atoms in total. The minimum absolute atomic E-state index is 0.670. The average molecular weight is 891 g/mol. The predicted octanol–water partition coefficient (Wildman–Crippen LogP) is 16.7. The first-order valence-electron chi connectivity index (χ1n) is 18.9. The molecule has 0 saturated heterocycles. The van der Waals surface area contributed by atoms with Crippen molar-refractivity contribution in [3.63, 3.8) is 0 Å². The first-order valence-corrected chi connectivity index (χ1v) is 24.0. The summed E-state index contributed by atoms with van der Waals surface area (Å²) >= 11 is 9.73. The van der Waals surface area contributed by atoms with Gasteiger partial charge in [-0.25, -0.2) is 0 Å². The van der Waals surface area contributed by atoms with Gasteiger partial charge in [0, 0.05) is 61.0 Å². The maximum atomic E-state index is 9.80. The third-order valence-corrected chi connectivity index (χ3v) is 15.6. The van der Waals surface area contributed by atoms with E-state index in [0.29, 0.717) is 16.7 Å². The number of anilines is 3. The van der Waals surface area contributed by atoms with E-state index in [0.717, 1.165) is 77.6 Å². The Morgan fingerprint density at radius 1 is 0.377 bits per heavy atom. The van der Waals surface area contributed by atoms with Gasteiger partial charge in [0.2, 0.25) is 0 Å². The van der Waals surface area contributed by atoms with Crippen LogP contribution < -0.4 is 4.90 Å². The fraction of sp³-hybridized carbons (Fsp3) is 0. The number of nitriles is 3. The van der Waals surface area contributed by atoms with E-state index >= 15 is 0 Å². The third kappa shape index (κ3) is 8.95. The highest BCUT2D eigenvalue weighted by Crippen LogP contribution is 2.41. The Bertz CT molecular complexity index is 2790. The number of rotatable bonds is 12. The summed E-state index contributed by atoms with van der Waals surface area (Å²) in [7, 11) is 0. The number of hydrogen-bond acceptors (Lipinski definition) is 10. The highest BCUT2D eigenvalue weighted by Gasteiger charge is 2.16. The van der Waals surface area contributed by atoms with Crippen LogP contribution in [-0.4, -0.2) is 0 Å². The molecule has 0 bridgehead atoms. The van der Waals surface area contributed by atoms with Crippen LogP contribution in [0.15, 0.2) is 162 Å². The van der Waals surface area contributed by atoms with Crippen molar-refractivity contribution in [3.8, 4) is 49.5 Å². The minimum Gasteiger partial charge on any atom is -0.311 e. The fourth-order valence-electron chi connectivity index (χ4n) is 6.73. The molecule has 6 aromatic heterocycles. The zero-order valence-electron chi connectivity index (χ0n) is 32.1. The van der Waals surface area contributed by atoms with E-state index in [4.69, 9.17) is 0 Å². The van der Waals surface area contributed by atoms with Crippen molar-refractivity contribution in [2.75, 3.05) is 4.90 Å². The fourth-order valence-corrected chi connectivity index (χ4v) is 11.7. The third-order valence-electron chi connectivity index (χ3n) is 9.69. The Morgan fingerprint density at radius 2 is 0.672 bits per heavy atom. The molecule has 0 amide bonds. The van der Waals surface area contributed by atoms with Gasteiger partial charge in [-0.05, 0) is 142 Å². The zero-order chi connectivity index (χ0) is 41.5. The molecule has 0 radical (unpaired) electrons. The molecule has 0 unspecified atom stereocenters. The Labute approximate surface area is 378 Å². The SMILES string of the molecule is N#C/C(=C/c1ccc(-c2ccc(N(c3ccc(-c4ccc(/C=C(\C#N)c5cccs5)s4)cc3)c3ccc(-c4ccc(/C=C(\C#N)c5cccs5)s4)cc3)cc2)s1)c1cccs1. The van der Waals surface area contributed by atoms with Gasteiger partial charge in [0.05, 0.1) is 16.7 Å². The monoisotopic (exact) mass is 890 g/mol. The molecule has 3 aromatic carbocycles. The molecule has 9 aromatic rings. The van der Waals surface area contributed by atoms with Crippen LogP contribution in [-0.2, 0) is 0 Å². The van der Waals surface area contributed by atoms with E-state index in [1.807, 2.05) is 70.8 Å². The molecule has 10 heteroatoms. The lowest BCUT2D eigenvalue weighted by molar-refractivity contribution is 1.28. The molecule has 0 aliphatic carbocycles. The molecule has 0 aliphatic rings. The summed E-state index contributed by atoms with van der Waals surface area (Å²) in [4.78, 5) is 11.7. The minimum atomic E-state index is 0.670. The largest absolute Gasteiger partial charge is 0.311 e. The lowest BCUT2D eigenvalue weighted by atomic mass is 10.1. The van der Waals surface area contributed by atoms with E-state index in [-0.39, 0.29) is 0 Å². The first-order chi connectivity index (χ1) is 30.0. The molecule has 9 rings (SSSR count). The summed E-state index contributed by atoms with van der Waals surface area (Å²) < 4.78 is 0. The molecule has 290 valence electrons. The van der Waals surface area contributed by atoms with Gasteiger partial charge in [-0.1, -0.05) is 54.6 Å². The quantitative estimate of drug-likeness (QED) is 0.115. The van der Waals surface area contributed by atoms with Crippen LogP contribution >= 0.6 is 68.0 Å². The molecule has 0 atom stereocenters. The second-order valence-corrected chi connectivity index (χ2v) is 19.7. The highest BCUT2D eigenvalue weighted by molar-refractivity contribution is 7.17. The lowest BCUT2D eigenvalue weighted by Gasteiger charge is -2.26. The van der Waals surface area contributed by atoms with E-state index in [2.05, 4.69) is 132 Å². The summed E-state index contributed by atoms with van der Waals surface area (Å²) in [6.45, 7) is 0. The maximum Gasteiger partial charge on any atom is 0.101 e. The van der Waals surface area contributed by atoms with Crippen molar-refractivity contribution in [1.29, 1.82) is 15.8 Å². The van der Waals surface area contributed by atoms with Crippen LogP contribution in [0, 0.1) is 34.0 Å². The smallest absolute Gasteiger partial charge is 0.101 e. The van der Waals surface area contributed by atoms with Gasteiger partial charge in [0.15, 0.2) is 0 Å². The number of allylic oxidation sites excluding steroid dienone is 3. The molecule has 0 spiro atoms. The van der Waals surface area contributed by atoms with Crippen molar-refractivity contribution in [3.05, 3.63) is 191 Å². The van der Waals surface area contributed by atoms with Gasteiger partial charge in [0.1, 0.15) is 18.2 Å². The topological polar surface area (TPSA) is 74.6 Å². The van der Waals surface area contributed by atoms with Crippen LogP contribution in [0.4, 0.5) is 17.1 Å². The Kier molecular flexibility index (Phi) is 11.9. The summed E-state index contributed by atoms with van der Waals surface area (Å²) in [6.07, 6.45) is 5.90. The van der Waals surface area contributed by atoms with Gasteiger partial charge >= 0.3 is 0 Å². The molecular weight excluding hydrogens is 861 g/mol. The maximum absolute atomic E-state index is 9.80. The van der Waals surface area contributed by atoms with Crippen LogP contribution in [0.1, 0.15) is 29.3 Å². The molecule has 6 heterocycles. The van der Waals surface area contributed by atoms with Gasteiger partial charge in [0.25, 0.3) is 0 Å². The van der Waals surface area contributed by atoms with Crippen LogP contribution in [0.2, 0.25) is 0 Å². The van der Waals surface area contributed by atoms with Gasteiger partial charge in [-0.15, -0.1) is 68.0 Å².